The topological polar surface area (TPSA) is 180 Å². The number of aliphatic hydroxyl groups excluding tert-OH is 7. The maximum atomic E-state index is 12.1. The number of aliphatic hydroxyl groups is 8. The molecule has 2 spiro atoms. The highest BCUT2D eigenvalue weighted by Gasteiger charge is 2.84. The molecule has 0 radical (unpaired) electrons. The summed E-state index contributed by atoms with van der Waals surface area (Å²) in [6.45, 7) is 13.9. The molecule has 1 heterocycles. The molecule has 10 heteroatoms. The lowest BCUT2D eigenvalue weighted by Crippen LogP contribution is -2.63. The summed E-state index contributed by atoms with van der Waals surface area (Å²) in [5.41, 5.74) is -2.25. The van der Waals surface area contributed by atoms with Crippen molar-refractivity contribution in [2.75, 3.05) is 6.61 Å². The summed E-state index contributed by atoms with van der Waals surface area (Å²) < 4.78 is 12.0. The van der Waals surface area contributed by atoms with Crippen LogP contribution in [0.25, 0.3) is 0 Å². The molecule has 5 aliphatic carbocycles. The molecule has 1 saturated heterocycles. The minimum Gasteiger partial charge on any atom is -0.393 e. The molecule has 0 aromatic carbocycles. The summed E-state index contributed by atoms with van der Waals surface area (Å²) in [5, 5.41) is 86.2. The number of hydrogen-bond acceptors (Lipinski definition) is 10. The van der Waals surface area contributed by atoms with Gasteiger partial charge in [-0.1, -0.05) is 34.6 Å². The maximum Gasteiger partial charge on any atom is 0.186 e. The van der Waals surface area contributed by atoms with Gasteiger partial charge in [-0.2, -0.15) is 0 Å². The highest BCUT2D eigenvalue weighted by atomic mass is 16.7. The summed E-state index contributed by atoms with van der Waals surface area (Å²) in [4.78, 5) is 0. The SMILES string of the molecule is CC(CC(O)C(O)C(C)(C)O)C1C(O)CC2(C)C3CC(O)C4C(C)(C)C(OC5OCC(O)C(O)C5O)CCC45CC35CCC12C. The molecule has 0 bridgehead atoms. The van der Waals surface area contributed by atoms with Gasteiger partial charge < -0.3 is 50.3 Å². The van der Waals surface area contributed by atoms with Crippen molar-refractivity contribution in [2.45, 2.75) is 161 Å². The fourth-order valence-corrected chi connectivity index (χ4v) is 12.9. The molecule has 17 atom stereocenters. The van der Waals surface area contributed by atoms with E-state index in [0.29, 0.717) is 12.8 Å². The molecule has 0 amide bonds. The summed E-state index contributed by atoms with van der Waals surface area (Å²) in [7, 11) is 0. The third-order valence-electron chi connectivity index (χ3n) is 15.1. The van der Waals surface area contributed by atoms with E-state index in [1.54, 1.807) is 0 Å². The minimum absolute atomic E-state index is 0.0104. The Morgan fingerprint density at radius 3 is 2.18 bits per heavy atom. The van der Waals surface area contributed by atoms with Crippen molar-refractivity contribution < 1.29 is 50.3 Å². The monoisotopic (exact) mass is 640 g/mol. The van der Waals surface area contributed by atoms with Crippen LogP contribution in [-0.2, 0) is 9.47 Å². The van der Waals surface area contributed by atoms with Gasteiger partial charge in [0.25, 0.3) is 0 Å². The zero-order valence-corrected chi connectivity index (χ0v) is 28.3. The molecule has 260 valence electrons. The Bertz CT molecular complexity index is 1130. The second-order valence-electron chi connectivity index (χ2n) is 18.1. The lowest BCUT2D eigenvalue weighted by atomic mass is 9.41. The van der Waals surface area contributed by atoms with Gasteiger partial charge in [-0.05, 0) is 116 Å². The van der Waals surface area contributed by atoms with Gasteiger partial charge in [0.1, 0.15) is 24.4 Å². The Labute approximate surface area is 268 Å². The lowest BCUT2D eigenvalue weighted by molar-refractivity contribution is -0.306. The average molecular weight is 641 g/mol. The van der Waals surface area contributed by atoms with E-state index < -0.39 is 60.0 Å². The van der Waals surface area contributed by atoms with Crippen molar-refractivity contribution in [2.24, 2.45) is 50.7 Å². The summed E-state index contributed by atoms with van der Waals surface area (Å²) in [5.74, 6) is 0.0705. The molecular formula is C35H60O10. The van der Waals surface area contributed by atoms with Gasteiger partial charge >= 0.3 is 0 Å². The number of hydrogen-bond donors (Lipinski definition) is 8. The smallest absolute Gasteiger partial charge is 0.186 e. The normalized spacial score (nSPS) is 54.2. The van der Waals surface area contributed by atoms with Gasteiger partial charge in [0.2, 0.25) is 0 Å². The van der Waals surface area contributed by atoms with Crippen LogP contribution in [0.1, 0.15) is 99.8 Å². The van der Waals surface area contributed by atoms with Crippen molar-refractivity contribution in [3.8, 4) is 0 Å². The molecule has 0 aromatic rings. The van der Waals surface area contributed by atoms with Gasteiger partial charge in [-0.25, -0.2) is 0 Å². The first-order valence-electron chi connectivity index (χ1n) is 17.4. The number of fused-ring (bicyclic) bond motifs is 2. The van der Waals surface area contributed by atoms with Gasteiger partial charge in [-0.15, -0.1) is 0 Å². The minimum atomic E-state index is -1.43. The average Bonchev–Trinajstić information content (AvgIpc) is 3.52. The van der Waals surface area contributed by atoms with Crippen molar-refractivity contribution in [3.05, 3.63) is 0 Å². The number of rotatable bonds is 7. The van der Waals surface area contributed by atoms with E-state index in [1.165, 1.54) is 13.8 Å². The molecule has 6 aliphatic rings. The van der Waals surface area contributed by atoms with Crippen molar-refractivity contribution in [3.63, 3.8) is 0 Å². The molecule has 1 aliphatic heterocycles. The molecule has 17 unspecified atom stereocenters. The van der Waals surface area contributed by atoms with Gasteiger partial charge in [-0.3, -0.25) is 0 Å². The van der Waals surface area contributed by atoms with Crippen LogP contribution < -0.4 is 0 Å². The van der Waals surface area contributed by atoms with E-state index in [0.717, 1.165) is 32.1 Å². The maximum absolute atomic E-state index is 12.1. The number of ether oxygens (including phenoxy) is 2. The highest BCUT2D eigenvalue weighted by molar-refractivity contribution is 5.32. The lowest BCUT2D eigenvalue weighted by Gasteiger charge is -2.64. The van der Waals surface area contributed by atoms with Crippen molar-refractivity contribution in [1.82, 2.24) is 0 Å². The Balaban J connectivity index is 1.23. The Morgan fingerprint density at radius 1 is 0.867 bits per heavy atom. The molecule has 10 nitrogen and oxygen atoms in total. The van der Waals surface area contributed by atoms with Crippen LogP contribution in [0.3, 0.4) is 0 Å². The van der Waals surface area contributed by atoms with Crippen molar-refractivity contribution >= 4 is 0 Å². The third-order valence-corrected chi connectivity index (χ3v) is 15.1. The highest BCUT2D eigenvalue weighted by Crippen LogP contribution is 2.89. The second-order valence-corrected chi connectivity index (χ2v) is 18.1. The quantitative estimate of drug-likeness (QED) is 0.191. The molecule has 6 rings (SSSR count). The molecule has 8 N–H and O–H groups in total. The largest absolute Gasteiger partial charge is 0.393 e. The van der Waals surface area contributed by atoms with E-state index in [-0.39, 0.29) is 64.5 Å². The first-order valence-corrected chi connectivity index (χ1v) is 17.4. The van der Waals surface area contributed by atoms with E-state index in [4.69, 9.17) is 9.47 Å². The second kappa shape index (κ2) is 10.8. The fraction of sp³-hybridized carbons (Fsp3) is 1.00. The Morgan fingerprint density at radius 2 is 1.53 bits per heavy atom. The van der Waals surface area contributed by atoms with Crippen LogP contribution in [-0.4, -0.2) is 108 Å². The molecular weight excluding hydrogens is 580 g/mol. The van der Waals surface area contributed by atoms with E-state index >= 15 is 0 Å². The summed E-state index contributed by atoms with van der Waals surface area (Å²) in [6, 6.07) is 0. The fourth-order valence-electron chi connectivity index (χ4n) is 12.9. The van der Waals surface area contributed by atoms with Crippen LogP contribution in [0, 0.1) is 50.7 Å². The molecule has 45 heavy (non-hydrogen) atoms. The first-order chi connectivity index (χ1) is 20.7. The summed E-state index contributed by atoms with van der Waals surface area (Å²) in [6.07, 6.45) is -2.47. The van der Waals surface area contributed by atoms with Crippen LogP contribution in [0.5, 0.6) is 0 Å². The van der Waals surface area contributed by atoms with Crippen LogP contribution in [0.15, 0.2) is 0 Å². The van der Waals surface area contributed by atoms with E-state index in [1.807, 2.05) is 0 Å². The van der Waals surface area contributed by atoms with Crippen LogP contribution in [0.2, 0.25) is 0 Å². The molecule has 6 fully saturated rings. The van der Waals surface area contributed by atoms with E-state index in [9.17, 15) is 40.9 Å². The first kappa shape index (κ1) is 34.5. The standard InChI is InChI=1S/C35H60O10/c1-17(12-19(37)28(42)31(4,5)43)24-20(38)14-33(7)22-13-18(36)27-30(2,3)23(45-29-26(41)25(40)21(39)15-44-29)8-9-35(27)16-34(22,35)11-10-32(24,33)6/h17-29,36-43H,8-16H2,1-7H3. The van der Waals surface area contributed by atoms with Crippen LogP contribution >= 0.6 is 0 Å². The van der Waals surface area contributed by atoms with Gasteiger partial charge in [0.05, 0.1) is 36.6 Å². The van der Waals surface area contributed by atoms with E-state index in [2.05, 4.69) is 34.6 Å². The summed E-state index contributed by atoms with van der Waals surface area (Å²) >= 11 is 0. The Kier molecular flexibility index (Phi) is 8.27. The van der Waals surface area contributed by atoms with Crippen molar-refractivity contribution in [1.29, 1.82) is 0 Å². The predicted molar refractivity (Wildman–Crippen MR) is 164 cm³/mol. The molecule has 0 aromatic heterocycles. The van der Waals surface area contributed by atoms with Gasteiger partial charge in [0.15, 0.2) is 6.29 Å². The van der Waals surface area contributed by atoms with Crippen LogP contribution in [0.4, 0.5) is 0 Å². The predicted octanol–water partition coefficient (Wildman–Crippen LogP) is 1.71. The zero-order valence-electron chi connectivity index (χ0n) is 28.3. The van der Waals surface area contributed by atoms with Gasteiger partial charge in [0, 0.05) is 0 Å². The zero-order chi connectivity index (χ0) is 33.3. The third kappa shape index (κ3) is 4.71. The Hall–Kier alpha value is -0.400. The molecule has 5 saturated carbocycles.